The van der Waals surface area contributed by atoms with E-state index in [2.05, 4.69) is 60.5 Å². The molecule has 0 bridgehead atoms. The Morgan fingerprint density at radius 1 is 1.29 bits per heavy atom. The van der Waals surface area contributed by atoms with Crippen LogP contribution >= 0.6 is 0 Å². The second-order valence-electron chi connectivity index (χ2n) is 5.53. The van der Waals surface area contributed by atoms with Crippen LogP contribution in [0.25, 0.3) is 0 Å². The average Bonchev–Trinajstić information content (AvgIpc) is 2.88. The third-order valence-electron chi connectivity index (χ3n) is 3.98. The van der Waals surface area contributed by atoms with Crippen LogP contribution in [0.1, 0.15) is 29.8 Å². The largest absolute Gasteiger partial charge is 0.329 e. The summed E-state index contributed by atoms with van der Waals surface area (Å²) in [7, 11) is 4.12. The van der Waals surface area contributed by atoms with Gasteiger partial charge >= 0.3 is 0 Å². The molecule has 0 fully saturated rings. The minimum Gasteiger partial charge on any atom is -0.329 e. The molecule has 4 heteroatoms. The van der Waals surface area contributed by atoms with E-state index < -0.39 is 0 Å². The van der Waals surface area contributed by atoms with Crippen molar-refractivity contribution in [3.05, 3.63) is 53.3 Å². The molecule has 0 spiro atoms. The number of aryl methyl sites for hydroxylation is 2. The van der Waals surface area contributed by atoms with Gasteiger partial charge in [-0.15, -0.1) is 0 Å². The second kappa shape index (κ2) is 7.38. The molecule has 1 unspecified atom stereocenters. The smallest absolute Gasteiger partial charge is 0.0670 e. The fraction of sp³-hybridized carbons (Fsp3) is 0.471. The number of nitrogens with two attached hydrogens (primary N) is 1. The minimum absolute atomic E-state index is 0.234. The molecule has 114 valence electrons. The third-order valence-corrected chi connectivity index (χ3v) is 3.98. The van der Waals surface area contributed by atoms with Crippen LogP contribution in [0, 0.1) is 0 Å². The topological polar surface area (TPSA) is 47.1 Å². The van der Waals surface area contributed by atoms with E-state index >= 15 is 0 Å². The number of likely N-dealkylation sites (N-methyl/N-ethyl adjacent to an activating group) is 1. The maximum Gasteiger partial charge on any atom is 0.0670 e. The van der Waals surface area contributed by atoms with Gasteiger partial charge in [0.2, 0.25) is 0 Å². The first-order valence-electron chi connectivity index (χ1n) is 7.62. The van der Waals surface area contributed by atoms with Crippen LogP contribution in [0.15, 0.2) is 36.5 Å². The summed E-state index contributed by atoms with van der Waals surface area (Å²) in [5, 5.41) is 4.53. The Morgan fingerprint density at radius 3 is 2.62 bits per heavy atom. The van der Waals surface area contributed by atoms with Crippen LogP contribution < -0.4 is 5.73 Å². The number of aromatic nitrogens is 2. The molecule has 0 saturated carbocycles. The summed E-state index contributed by atoms with van der Waals surface area (Å²) in [6.07, 6.45) is 4.09. The highest BCUT2D eigenvalue weighted by Gasteiger charge is 2.20. The molecule has 0 aliphatic rings. The standard InChI is InChI=1S/C17H26N4/c1-4-16-15(13-21(3)19-16)17(12-18)20(2)11-10-14-8-6-5-7-9-14/h5-9,13,17H,4,10-12,18H2,1-3H3. The van der Waals surface area contributed by atoms with Crippen molar-refractivity contribution in [1.29, 1.82) is 0 Å². The van der Waals surface area contributed by atoms with E-state index in [0.29, 0.717) is 6.54 Å². The number of benzene rings is 1. The van der Waals surface area contributed by atoms with Crippen molar-refractivity contribution >= 4 is 0 Å². The highest BCUT2D eigenvalue weighted by Crippen LogP contribution is 2.22. The Bertz CT molecular complexity index is 547. The molecule has 1 heterocycles. The fourth-order valence-electron chi connectivity index (χ4n) is 2.76. The van der Waals surface area contributed by atoms with E-state index in [9.17, 15) is 0 Å². The number of rotatable bonds is 7. The summed E-state index contributed by atoms with van der Waals surface area (Å²) < 4.78 is 1.89. The number of hydrogen-bond donors (Lipinski definition) is 1. The lowest BCUT2D eigenvalue weighted by molar-refractivity contribution is 0.252. The van der Waals surface area contributed by atoms with Gasteiger partial charge in [0.15, 0.2) is 0 Å². The van der Waals surface area contributed by atoms with E-state index in [1.165, 1.54) is 11.1 Å². The highest BCUT2D eigenvalue weighted by molar-refractivity contribution is 5.22. The van der Waals surface area contributed by atoms with Gasteiger partial charge in [-0.1, -0.05) is 37.3 Å². The predicted molar refractivity (Wildman–Crippen MR) is 87.2 cm³/mol. The van der Waals surface area contributed by atoms with Crippen LogP contribution in [0.4, 0.5) is 0 Å². The zero-order valence-corrected chi connectivity index (χ0v) is 13.3. The molecule has 0 amide bonds. The maximum absolute atomic E-state index is 6.03. The fourth-order valence-corrected chi connectivity index (χ4v) is 2.76. The Labute approximate surface area is 127 Å². The quantitative estimate of drug-likeness (QED) is 0.848. The lowest BCUT2D eigenvalue weighted by Crippen LogP contribution is -2.32. The Morgan fingerprint density at radius 2 is 2.00 bits per heavy atom. The third kappa shape index (κ3) is 3.93. The summed E-state index contributed by atoms with van der Waals surface area (Å²) in [6, 6.07) is 10.8. The van der Waals surface area contributed by atoms with E-state index in [4.69, 9.17) is 5.73 Å². The van der Waals surface area contributed by atoms with Crippen LogP contribution in [0.5, 0.6) is 0 Å². The van der Waals surface area contributed by atoms with Crippen molar-refractivity contribution in [2.24, 2.45) is 12.8 Å². The predicted octanol–water partition coefficient (Wildman–Crippen LogP) is 2.16. The Balaban J connectivity index is 2.06. The molecule has 2 aromatic rings. The summed E-state index contributed by atoms with van der Waals surface area (Å²) in [6.45, 7) is 3.75. The maximum atomic E-state index is 6.03. The summed E-state index contributed by atoms with van der Waals surface area (Å²) in [5.74, 6) is 0. The van der Waals surface area contributed by atoms with Gasteiger partial charge in [-0.2, -0.15) is 5.10 Å². The molecule has 0 aliphatic heterocycles. The van der Waals surface area contributed by atoms with Gasteiger partial charge in [0.05, 0.1) is 11.7 Å². The van der Waals surface area contributed by atoms with Crippen LogP contribution in [0.2, 0.25) is 0 Å². The zero-order valence-electron chi connectivity index (χ0n) is 13.3. The second-order valence-corrected chi connectivity index (χ2v) is 5.53. The van der Waals surface area contributed by atoms with E-state index in [1.54, 1.807) is 0 Å². The minimum atomic E-state index is 0.234. The molecular weight excluding hydrogens is 260 g/mol. The molecule has 1 aromatic carbocycles. The molecule has 1 atom stereocenters. The van der Waals surface area contributed by atoms with Gasteiger partial charge in [-0.05, 0) is 25.5 Å². The van der Waals surface area contributed by atoms with Crippen molar-refractivity contribution in [3.8, 4) is 0 Å². The first kappa shape index (κ1) is 15.7. The zero-order chi connectivity index (χ0) is 15.2. The van der Waals surface area contributed by atoms with E-state index in [1.807, 2.05) is 11.7 Å². The number of nitrogens with zero attached hydrogens (tertiary/aromatic N) is 3. The monoisotopic (exact) mass is 286 g/mol. The van der Waals surface area contributed by atoms with Crippen molar-refractivity contribution < 1.29 is 0 Å². The molecule has 0 radical (unpaired) electrons. The molecule has 2 rings (SSSR count). The Kier molecular flexibility index (Phi) is 5.53. The average molecular weight is 286 g/mol. The summed E-state index contributed by atoms with van der Waals surface area (Å²) in [4.78, 5) is 2.34. The van der Waals surface area contributed by atoms with Gasteiger partial charge in [0.25, 0.3) is 0 Å². The lowest BCUT2D eigenvalue weighted by atomic mass is 10.0. The summed E-state index contributed by atoms with van der Waals surface area (Å²) in [5.41, 5.74) is 9.81. The van der Waals surface area contributed by atoms with Crippen molar-refractivity contribution in [3.63, 3.8) is 0 Å². The van der Waals surface area contributed by atoms with Crippen molar-refractivity contribution in [2.75, 3.05) is 20.1 Å². The van der Waals surface area contributed by atoms with Crippen LogP contribution in [-0.4, -0.2) is 34.8 Å². The van der Waals surface area contributed by atoms with Crippen LogP contribution in [0.3, 0.4) is 0 Å². The molecule has 4 nitrogen and oxygen atoms in total. The Hall–Kier alpha value is -1.65. The molecule has 21 heavy (non-hydrogen) atoms. The first-order valence-corrected chi connectivity index (χ1v) is 7.62. The van der Waals surface area contributed by atoms with E-state index in [-0.39, 0.29) is 6.04 Å². The van der Waals surface area contributed by atoms with E-state index in [0.717, 1.165) is 25.1 Å². The normalized spacial score (nSPS) is 12.8. The van der Waals surface area contributed by atoms with Crippen LogP contribution in [-0.2, 0) is 19.9 Å². The molecule has 0 aliphatic carbocycles. The van der Waals surface area contributed by atoms with Crippen molar-refractivity contribution in [1.82, 2.24) is 14.7 Å². The molecule has 0 saturated heterocycles. The van der Waals surface area contributed by atoms with Gasteiger partial charge in [0.1, 0.15) is 0 Å². The molecular formula is C17H26N4. The molecule has 2 N–H and O–H groups in total. The van der Waals surface area contributed by atoms with Gasteiger partial charge in [-0.25, -0.2) is 0 Å². The first-order chi connectivity index (χ1) is 10.2. The van der Waals surface area contributed by atoms with Gasteiger partial charge in [0, 0.05) is 31.9 Å². The SMILES string of the molecule is CCc1nn(C)cc1C(CN)N(C)CCc1ccccc1. The van der Waals surface area contributed by atoms with Crippen molar-refractivity contribution in [2.45, 2.75) is 25.8 Å². The number of hydrogen-bond acceptors (Lipinski definition) is 3. The van der Waals surface area contributed by atoms with Gasteiger partial charge < -0.3 is 5.73 Å². The lowest BCUT2D eigenvalue weighted by Gasteiger charge is -2.27. The van der Waals surface area contributed by atoms with Gasteiger partial charge in [-0.3, -0.25) is 9.58 Å². The molecule has 1 aromatic heterocycles. The summed E-state index contributed by atoms with van der Waals surface area (Å²) >= 11 is 0. The highest BCUT2D eigenvalue weighted by atomic mass is 15.3.